The lowest BCUT2D eigenvalue weighted by Gasteiger charge is -2.28. The molecule has 1 aliphatic rings. The molecule has 4 unspecified atom stereocenters. The minimum Gasteiger partial charge on any atom is -0.103 e. The highest BCUT2D eigenvalue weighted by molar-refractivity contribution is 4.98. The summed E-state index contributed by atoms with van der Waals surface area (Å²) < 4.78 is 0. The molecule has 0 aromatic rings. The van der Waals surface area contributed by atoms with Crippen LogP contribution < -0.4 is 0 Å². The van der Waals surface area contributed by atoms with Gasteiger partial charge in [0.2, 0.25) is 0 Å². The molecular formula is C22H38. The van der Waals surface area contributed by atoms with Crippen LogP contribution in [0.5, 0.6) is 0 Å². The van der Waals surface area contributed by atoms with Gasteiger partial charge in [-0.25, -0.2) is 0 Å². The number of allylic oxidation sites excluding steroid dienone is 5. The summed E-state index contributed by atoms with van der Waals surface area (Å²) in [6.45, 7) is 10.9. The maximum absolute atomic E-state index is 3.90. The average Bonchev–Trinajstić information content (AvgIpc) is 2.55. The normalized spacial score (nSPS) is 24.5. The lowest BCUT2D eigenvalue weighted by atomic mass is 9.77. The van der Waals surface area contributed by atoms with E-state index in [1.165, 1.54) is 51.4 Å². The quantitative estimate of drug-likeness (QED) is 0.350. The van der Waals surface area contributed by atoms with Crippen molar-refractivity contribution in [3.63, 3.8) is 0 Å². The van der Waals surface area contributed by atoms with Crippen LogP contribution in [0.15, 0.2) is 37.0 Å². The van der Waals surface area contributed by atoms with Gasteiger partial charge in [0, 0.05) is 0 Å². The van der Waals surface area contributed by atoms with Crippen LogP contribution in [0, 0.1) is 23.7 Å². The SMILES string of the molecule is C=CCC(C=CCCC1CC=CC(C(C)CC)C1)CCCC. The zero-order chi connectivity index (χ0) is 16.2. The molecule has 126 valence electrons. The first-order chi connectivity index (χ1) is 10.7. The molecular weight excluding hydrogens is 264 g/mol. The Kier molecular flexibility index (Phi) is 10.3. The molecule has 0 bridgehead atoms. The summed E-state index contributed by atoms with van der Waals surface area (Å²) in [5, 5.41) is 0. The van der Waals surface area contributed by atoms with Gasteiger partial charge in [0.05, 0.1) is 0 Å². The van der Waals surface area contributed by atoms with Crippen LogP contribution in [0.2, 0.25) is 0 Å². The second-order valence-corrected chi connectivity index (χ2v) is 7.25. The molecule has 0 spiro atoms. The summed E-state index contributed by atoms with van der Waals surface area (Å²) in [4.78, 5) is 0. The van der Waals surface area contributed by atoms with Crippen LogP contribution in [-0.2, 0) is 0 Å². The van der Waals surface area contributed by atoms with Gasteiger partial charge in [0.1, 0.15) is 0 Å². The van der Waals surface area contributed by atoms with Crippen LogP contribution in [0.3, 0.4) is 0 Å². The summed E-state index contributed by atoms with van der Waals surface area (Å²) in [7, 11) is 0. The van der Waals surface area contributed by atoms with Crippen molar-refractivity contribution >= 4 is 0 Å². The van der Waals surface area contributed by atoms with Crippen molar-refractivity contribution in [1.29, 1.82) is 0 Å². The highest BCUT2D eigenvalue weighted by Crippen LogP contribution is 2.32. The van der Waals surface area contributed by atoms with Crippen molar-refractivity contribution in [2.45, 2.75) is 78.6 Å². The molecule has 0 N–H and O–H groups in total. The maximum atomic E-state index is 3.90. The first kappa shape index (κ1) is 19.3. The fourth-order valence-electron chi connectivity index (χ4n) is 3.56. The Hall–Kier alpha value is -0.780. The van der Waals surface area contributed by atoms with Gasteiger partial charge in [-0.3, -0.25) is 0 Å². The van der Waals surface area contributed by atoms with E-state index < -0.39 is 0 Å². The first-order valence-electron chi connectivity index (χ1n) is 9.65. The fourth-order valence-corrected chi connectivity index (χ4v) is 3.56. The lowest BCUT2D eigenvalue weighted by Crippen LogP contribution is -2.17. The van der Waals surface area contributed by atoms with Crippen LogP contribution in [0.4, 0.5) is 0 Å². The van der Waals surface area contributed by atoms with Gasteiger partial charge in [0.15, 0.2) is 0 Å². The maximum Gasteiger partial charge on any atom is -0.0199 e. The molecule has 1 aliphatic carbocycles. The standard InChI is InChI=1S/C22H38/c1-5-8-13-20(12-6-2)14-9-10-15-21-16-11-17-22(18-21)19(4)7-3/h6,9,11,14,17,19-22H,2,5,7-8,10,12-13,15-16,18H2,1,3-4H3. The molecule has 0 saturated carbocycles. The zero-order valence-corrected chi connectivity index (χ0v) is 15.3. The molecule has 0 heterocycles. The third kappa shape index (κ3) is 7.47. The van der Waals surface area contributed by atoms with Crippen LogP contribution >= 0.6 is 0 Å². The van der Waals surface area contributed by atoms with E-state index in [1.807, 2.05) is 0 Å². The largest absolute Gasteiger partial charge is 0.103 e. The third-order valence-corrected chi connectivity index (χ3v) is 5.38. The zero-order valence-electron chi connectivity index (χ0n) is 15.3. The summed E-state index contributed by atoms with van der Waals surface area (Å²) in [5.74, 6) is 3.30. The molecule has 0 nitrogen and oxygen atoms in total. The van der Waals surface area contributed by atoms with E-state index in [1.54, 1.807) is 0 Å². The van der Waals surface area contributed by atoms with Gasteiger partial charge in [-0.2, -0.15) is 0 Å². The Morgan fingerprint density at radius 3 is 2.82 bits per heavy atom. The average molecular weight is 303 g/mol. The van der Waals surface area contributed by atoms with Crippen LogP contribution in [0.25, 0.3) is 0 Å². The van der Waals surface area contributed by atoms with Crippen molar-refractivity contribution in [2.24, 2.45) is 23.7 Å². The topological polar surface area (TPSA) is 0 Å². The van der Waals surface area contributed by atoms with E-state index in [0.717, 1.165) is 30.1 Å². The van der Waals surface area contributed by atoms with Crippen molar-refractivity contribution in [3.8, 4) is 0 Å². The molecule has 0 aromatic heterocycles. The van der Waals surface area contributed by atoms with Gasteiger partial charge in [-0.1, -0.05) is 70.4 Å². The molecule has 0 heteroatoms. The molecule has 22 heavy (non-hydrogen) atoms. The van der Waals surface area contributed by atoms with Gasteiger partial charge in [0.25, 0.3) is 0 Å². The van der Waals surface area contributed by atoms with E-state index in [2.05, 4.69) is 57.7 Å². The number of hydrogen-bond acceptors (Lipinski definition) is 0. The predicted molar refractivity (Wildman–Crippen MR) is 101 cm³/mol. The smallest absolute Gasteiger partial charge is 0.0199 e. The van der Waals surface area contributed by atoms with Crippen molar-refractivity contribution in [3.05, 3.63) is 37.0 Å². The Balaban J connectivity index is 2.31. The second-order valence-electron chi connectivity index (χ2n) is 7.25. The first-order valence-corrected chi connectivity index (χ1v) is 9.65. The van der Waals surface area contributed by atoms with Gasteiger partial charge >= 0.3 is 0 Å². The van der Waals surface area contributed by atoms with E-state index in [4.69, 9.17) is 0 Å². The van der Waals surface area contributed by atoms with Crippen LogP contribution in [0.1, 0.15) is 78.6 Å². The molecule has 0 aromatic carbocycles. The third-order valence-electron chi connectivity index (χ3n) is 5.38. The fraction of sp³-hybridized carbons (Fsp3) is 0.727. The summed E-state index contributed by atoms with van der Waals surface area (Å²) in [6.07, 6.45) is 23.6. The summed E-state index contributed by atoms with van der Waals surface area (Å²) >= 11 is 0. The van der Waals surface area contributed by atoms with Crippen molar-refractivity contribution in [1.82, 2.24) is 0 Å². The second kappa shape index (κ2) is 11.7. The van der Waals surface area contributed by atoms with E-state index in [0.29, 0.717) is 0 Å². The molecule has 0 fully saturated rings. The minimum absolute atomic E-state index is 0.719. The lowest BCUT2D eigenvalue weighted by molar-refractivity contribution is 0.302. The Morgan fingerprint density at radius 2 is 2.14 bits per heavy atom. The van der Waals surface area contributed by atoms with E-state index >= 15 is 0 Å². The van der Waals surface area contributed by atoms with Gasteiger partial charge in [-0.05, 0) is 62.2 Å². The summed E-state index contributed by atoms with van der Waals surface area (Å²) in [6, 6.07) is 0. The van der Waals surface area contributed by atoms with Gasteiger partial charge in [-0.15, -0.1) is 6.58 Å². The molecule has 4 atom stereocenters. The van der Waals surface area contributed by atoms with Crippen molar-refractivity contribution in [2.75, 3.05) is 0 Å². The van der Waals surface area contributed by atoms with Crippen molar-refractivity contribution < 1.29 is 0 Å². The number of unbranched alkanes of at least 4 members (excludes halogenated alkanes) is 1. The minimum atomic E-state index is 0.719. The number of rotatable bonds is 11. The Bertz CT molecular complexity index is 336. The highest BCUT2D eigenvalue weighted by atomic mass is 14.3. The monoisotopic (exact) mass is 302 g/mol. The van der Waals surface area contributed by atoms with E-state index in [9.17, 15) is 0 Å². The number of hydrogen-bond donors (Lipinski definition) is 0. The molecule has 0 amide bonds. The predicted octanol–water partition coefficient (Wildman–Crippen LogP) is 7.33. The Morgan fingerprint density at radius 1 is 1.32 bits per heavy atom. The molecule has 0 radical (unpaired) electrons. The Labute approximate surface area is 139 Å². The summed E-state index contributed by atoms with van der Waals surface area (Å²) in [5.41, 5.74) is 0. The van der Waals surface area contributed by atoms with E-state index in [-0.39, 0.29) is 0 Å². The highest BCUT2D eigenvalue weighted by Gasteiger charge is 2.21. The van der Waals surface area contributed by atoms with Crippen LogP contribution in [-0.4, -0.2) is 0 Å². The molecule has 1 rings (SSSR count). The van der Waals surface area contributed by atoms with Gasteiger partial charge < -0.3 is 0 Å². The molecule has 0 saturated heterocycles. The molecule has 0 aliphatic heterocycles.